The number of nitrogens with one attached hydrogen (secondary N) is 2. The summed E-state index contributed by atoms with van der Waals surface area (Å²) in [6, 6.07) is 0. The van der Waals surface area contributed by atoms with Gasteiger partial charge in [-0.05, 0) is 13.8 Å². The summed E-state index contributed by atoms with van der Waals surface area (Å²) in [6.45, 7) is 6.62. The van der Waals surface area contributed by atoms with Crippen LogP contribution in [0, 0.1) is 0 Å². The molecule has 0 unspecified atom stereocenters. The Morgan fingerprint density at radius 1 is 0.913 bits per heavy atom. The molecule has 8 nitrogen and oxygen atoms in total. The second-order valence-electron chi connectivity index (χ2n) is 5.06. The average molecular weight is 336 g/mol. The van der Waals surface area contributed by atoms with Gasteiger partial charge >= 0.3 is 0 Å². The smallest absolute Gasteiger partial charge is 0.246 e. The molecule has 0 radical (unpaired) electrons. The van der Waals surface area contributed by atoms with Crippen LogP contribution < -0.4 is 10.6 Å². The van der Waals surface area contributed by atoms with E-state index >= 15 is 0 Å². The molecule has 0 rings (SSSR count). The lowest BCUT2D eigenvalue weighted by atomic mass is 10.3. The number of hydrogen-bond donors (Lipinski definition) is 2. The van der Waals surface area contributed by atoms with Gasteiger partial charge in [0, 0.05) is 22.4 Å². The number of ether oxygens (including phenoxy) is 3. The molecular weight excluding hydrogens is 304 g/mol. The van der Waals surface area contributed by atoms with Crippen LogP contribution in [0.2, 0.25) is 0 Å². The minimum Gasteiger partial charge on any atom is -0.372 e. The highest BCUT2D eigenvalue weighted by Gasteiger charge is 2.04. The molecule has 0 bridgehead atoms. The van der Waals surface area contributed by atoms with Gasteiger partial charge in [-0.25, -0.2) is 0 Å². The van der Waals surface area contributed by atoms with E-state index in [4.69, 9.17) is 14.2 Å². The first kappa shape index (κ1) is 21.5. The van der Waals surface area contributed by atoms with Gasteiger partial charge in [0.25, 0.3) is 0 Å². The molecule has 0 heterocycles. The number of Topliss-reactive ketones (excluding diaryl/α,β-unsaturated/α-hetero) is 1. The lowest BCUT2D eigenvalue weighted by molar-refractivity contribution is -0.127. The standard InChI is InChI=1S/C15H28N2O6.2H2/c1-4-13(18)9-21-7-5-16-14(19)10-22-8-6-17-15(20)11-23-12(2)3;;/h12H,4-11H2,1-3H3,(H,16,19)(H,17,20);2*1H. The van der Waals surface area contributed by atoms with Gasteiger partial charge in [-0.1, -0.05) is 6.92 Å². The summed E-state index contributed by atoms with van der Waals surface area (Å²) < 4.78 is 15.3. The van der Waals surface area contributed by atoms with Gasteiger partial charge in [-0.3, -0.25) is 14.4 Å². The highest BCUT2D eigenvalue weighted by Crippen LogP contribution is 1.86. The maximum atomic E-state index is 11.4. The van der Waals surface area contributed by atoms with Crippen LogP contribution in [0.15, 0.2) is 0 Å². The molecule has 23 heavy (non-hydrogen) atoms. The van der Waals surface area contributed by atoms with Gasteiger partial charge in [0.2, 0.25) is 11.8 Å². The second kappa shape index (κ2) is 14.1. The number of ketones is 1. The maximum absolute atomic E-state index is 11.4. The summed E-state index contributed by atoms with van der Waals surface area (Å²) in [5, 5.41) is 5.21. The first-order valence-corrected chi connectivity index (χ1v) is 7.77. The molecule has 0 aromatic rings. The van der Waals surface area contributed by atoms with Crippen LogP contribution in [0.5, 0.6) is 0 Å². The Morgan fingerprint density at radius 2 is 1.43 bits per heavy atom. The highest BCUT2D eigenvalue weighted by molar-refractivity contribution is 5.79. The Hall–Kier alpha value is -1.51. The van der Waals surface area contributed by atoms with Crippen molar-refractivity contribution in [1.29, 1.82) is 0 Å². The molecule has 0 aliphatic carbocycles. The van der Waals surface area contributed by atoms with E-state index in [9.17, 15) is 14.4 Å². The molecule has 0 aromatic heterocycles. The van der Waals surface area contributed by atoms with E-state index in [1.54, 1.807) is 6.92 Å². The molecule has 0 saturated heterocycles. The predicted molar refractivity (Wildman–Crippen MR) is 88.3 cm³/mol. The number of carbonyl (C=O) groups is 3. The van der Waals surface area contributed by atoms with Gasteiger partial charge in [-0.15, -0.1) is 0 Å². The number of carbonyl (C=O) groups excluding carboxylic acids is 3. The second-order valence-corrected chi connectivity index (χ2v) is 5.06. The lowest BCUT2D eigenvalue weighted by Gasteiger charge is -2.09. The lowest BCUT2D eigenvalue weighted by Crippen LogP contribution is -2.34. The zero-order valence-electron chi connectivity index (χ0n) is 14.2. The van der Waals surface area contributed by atoms with Crippen LogP contribution in [0.3, 0.4) is 0 Å². The minimum absolute atomic E-state index is 0. The van der Waals surface area contributed by atoms with E-state index in [0.717, 1.165) is 0 Å². The van der Waals surface area contributed by atoms with Crippen molar-refractivity contribution in [2.24, 2.45) is 0 Å². The van der Waals surface area contributed by atoms with Crippen LogP contribution in [-0.4, -0.2) is 69.8 Å². The molecule has 0 aromatic carbocycles. The minimum atomic E-state index is -0.273. The molecule has 0 saturated carbocycles. The van der Waals surface area contributed by atoms with E-state index in [1.807, 2.05) is 13.8 Å². The Bertz CT molecular complexity index is 370. The molecular formula is C15H32N2O6. The normalized spacial score (nSPS) is 10.6. The third kappa shape index (κ3) is 15.2. The van der Waals surface area contributed by atoms with E-state index < -0.39 is 0 Å². The first-order valence-electron chi connectivity index (χ1n) is 7.77. The number of amides is 2. The molecule has 0 aliphatic heterocycles. The van der Waals surface area contributed by atoms with E-state index in [0.29, 0.717) is 19.5 Å². The van der Waals surface area contributed by atoms with Crippen molar-refractivity contribution in [2.75, 3.05) is 46.1 Å². The maximum Gasteiger partial charge on any atom is 0.246 e. The monoisotopic (exact) mass is 336 g/mol. The number of hydrogen-bond acceptors (Lipinski definition) is 6. The fourth-order valence-electron chi connectivity index (χ4n) is 1.32. The van der Waals surface area contributed by atoms with Gasteiger partial charge < -0.3 is 24.8 Å². The highest BCUT2D eigenvalue weighted by atomic mass is 16.5. The Balaban J connectivity index is -0.00000242. The van der Waals surface area contributed by atoms with Crippen molar-refractivity contribution in [3.05, 3.63) is 0 Å². The SMILES string of the molecule is CCC(=O)COCCNC(=O)COCCNC(=O)COC(C)C.[HH].[HH]. The van der Waals surface area contributed by atoms with Crippen LogP contribution in [-0.2, 0) is 28.6 Å². The van der Waals surface area contributed by atoms with Crippen LogP contribution >= 0.6 is 0 Å². The molecule has 2 amide bonds. The quantitative estimate of drug-likeness (QED) is 0.438. The largest absolute Gasteiger partial charge is 0.372 e. The zero-order valence-corrected chi connectivity index (χ0v) is 14.2. The van der Waals surface area contributed by atoms with Crippen molar-refractivity contribution in [1.82, 2.24) is 10.6 Å². The summed E-state index contributed by atoms with van der Waals surface area (Å²) in [4.78, 5) is 33.7. The summed E-state index contributed by atoms with van der Waals surface area (Å²) in [5.74, 6) is -0.462. The van der Waals surface area contributed by atoms with Crippen LogP contribution in [0.25, 0.3) is 0 Å². The Labute approximate surface area is 140 Å². The third-order valence-electron chi connectivity index (χ3n) is 2.58. The third-order valence-corrected chi connectivity index (χ3v) is 2.58. The molecule has 0 fully saturated rings. The summed E-state index contributed by atoms with van der Waals surface area (Å²) in [5.41, 5.74) is 0. The van der Waals surface area contributed by atoms with Crippen molar-refractivity contribution >= 4 is 17.6 Å². The Kier molecular flexibility index (Phi) is 13.2. The fraction of sp³-hybridized carbons (Fsp3) is 0.800. The van der Waals surface area contributed by atoms with Crippen molar-refractivity contribution < 1.29 is 31.4 Å². The Morgan fingerprint density at radius 3 is 1.96 bits per heavy atom. The first-order chi connectivity index (χ1) is 11.0. The number of rotatable bonds is 14. The molecule has 138 valence electrons. The van der Waals surface area contributed by atoms with Gasteiger partial charge in [0.1, 0.15) is 19.8 Å². The van der Waals surface area contributed by atoms with Crippen molar-refractivity contribution in [3.63, 3.8) is 0 Å². The average Bonchev–Trinajstić information content (AvgIpc) is 2.51. The van der Waals surface area contributed by atoms with Gasteiger partial charge in [-0.2, -0.15) is 0 Å². The molecule has 0 spiro atoms. The van der Waals surface area contributed by atoms with Crippen LogP contribution in [0.1, 0.15) is 30.0 Å². The van der Waals surface area contributed by atoms with Crippen molar-refractivity contribution in [3.8, 4) is 0 Å². The van der Waals surface area contributed by atoms with Crippen molar-refractivity contribution in [2.45, 2.75) is 33.3 Å². The summed E-state index contributed by atoms with van der Waals surface area (Å²) >= 11 is 0. The predicted octanol–water partition coefficient (Wildman–Crippen LogP) is 0.148. The van der Waals surface area contributed by atoms with E-state index in [1.165, 1.54) is 0 Å². The summed E-state index contributed by atoms with van der Waals surface area (Å²) in [6.07, 6.45) is 0.449. The zero-order chi connectivity index (χ0) is 17.5. The topological polar surface area (TPSA) is 103 Å². The van der Waals surface area contributed by atoms with Gasteiger partial charge in [0.15, 0.2) is 5.78 Å². The van der Waals surface area contributed by atoms with Crippen LogP contribution in [0.4, 0.5) is 0 Å². The molecule has 0 atom stereocenters. The van der Waals surface area contributed by atoms with E-state index in [2.05, 4.69) is 10.6 Å². The fourth-order valence-corrected chi connectivity index (χ4v) is 1.32. The van der Waals surface area contributed by atoms with E-state index in [-0.39, 0.29) is 59.6 Å². The molecule has 0 aliphatic rings. The van der Waals surface area contributed by atoms with Gasteiger partial charge in [0.05, 0.1) is 19.3 Å². The molecule has 2 N–H and O–H groups in total. The summed E-state index contributed by atoms with van der Waals surface area (Å²) in [7, 11) is 0. The molecule has 8 heteroatoms.